The van der Waals surface area contributed by atoms with E-state index in [1.165, 1.54) is 11.8 Å². The van der Waals surface area contributed by atoms with Gasteiger partial charge >= 0.3 is 5.97 Å². The van der Waals surface area contributed by atoms with E-state index < -0.39 is 35.9 Å². The van der Waals surface area contributed by atoms with E-state index in [0.717, 1.165) is 18.5 Å². The summed E-state index contributed by atoms with van der Waals surface area (Å²) in [6, 6.07) is 6.02. The number of thioether (sulfide) groups is 1. The minimum absolute atomic E-state index is 0.158. The summed E-state index contributed by atoms with van der Waals surface area (Å²) in [7, 11) is 0. The molecule has 1 saturated heterocycles. The summed E-state index contributed by atoms with van der Waals surface area (Å²) in [4.78, 5) is 50.9. The monoisotopic (exact) mass is 506 g/mol. The predicted octanol–water partition coefficient (Wildman–Crippen LogP) is 1.32. The first-order chi connectivity index (χ1) is 16.8. The molecule has 0 bridgehead atoms. The Kier molecular flexibility index (Phi) is 12.1. The van der Waals surface area contributed by atoms with Crippen molar-refractivity contribution in [1.29, 1.82) is 0 Å². The van der Waals surface area contributed by atoms with Gasteiger partial charge in [0.2, 0.25) is 17.7 Å². The third-order valence-electron chi connectivity index (χ3n) is 6.31. The third-order valence-corrected chi connectivity index (χ3v) is 6.95. The molecule has 1 aromatic rings. The number of carboxylic acids is 1. The van der Waals surface area contributed by atoms with Crippen LogP contribution < -0.4 is 21.3 Å². The summed E-state index contributed by atoms with van der Waals surface area (Å²) in [5.41, 5.74) is 0.822. The Morgan fingerprint density at radius 2 is 1.77 bits per heavy atom. The Morgan fingerprint density at radius 3 is 2.34 bits per heavy atom. The number of carboxylic acid groups (broad SMARTS) is 1. The van der Waals surface area contributed by atoms with Crippen LogP contribution in [0, 0.1) is 5.92 Å². The number of carbonyl (C=O) groups is 4. The van der Waals surface area contributed by atoms with Crippen molar-refractivity contribution in [3.63, 3.8) is 0 Å². The van der Waals surface area contributed by atoms with Crippen LogP contribution >= 0.6 is 11.8 Å². The van der Waals surface area contributed by atoms with Crippen LogP contribution in [0.4, 0.5) is 0 Å². The van der Waals surface area contributed by atoms with E-state index >= 15 is 0 Å². The molecule has 10 heteroatoms. The number of benzene rings is 1. The molecule has 5 atom stereocenters. The smallest absolute Gasteiger partial charge is 0.326 e. The van der Waals surface area contributed by atoms with Crippen LogP contribution in [-0.4, -0.2) is 71.5 Å². The topological polar surface area (TPSA) is 137 Å². The maximum absolute atomic E-state index is 13.3. The van der Waals surface area contributed by atoms with Crippen LogP contribution in [-0.2, 0) is 25.6 Å². The van der Waals surface area contributed by atoms with E-state index in [0.29, 0.717) is 18.6 Å². The zero-order valence-corrected chi connectivity index (χ0v) is 21.5. The molecule has 0 radical (unpaired) electrons. The number of carbonyl (C=O) groups excluding carboxylic acids is 3. The highest BCUT2D eigenvalue weighted by Gasteiger charge is 2.33. The summed E-state index contributed by atoms with van der Waals surface area (Å²) in [5.74, 6) is -1.96. The Bertz CT molecular complexity index is 848. The van der Waals surface area contributed by atoms with Crippen LogP contribution in [0.25, 0.3) is 0 Å². The molecule has 1 aromatic carbocycles. The molecule has 1 aliphatic heterocycles. The van der Waals surface area contributed by atoms with Gasteiger partial charge in [0.25, 0.3) is 0 Å². The SMILES string of the molecule is CCC(C)C(NC(=O)C1CCCN1)C(=O)NC(Cc1ccccc1)C(=O)NC(CCSC)C(=O)O. The lowest BCUT2D eigenvalue weighted by atomic mass is 9.96. The molecule has 1 aliphatic rings. The maximum atomic E-state index is 13.3. The normalized spacial score (nSPS) is 18.7. The number of amides is 3. The second kappa shape index (κ2) is 14.7. The van der Waals surface area contributed by atoms with Crippen molar-refractivity contribution < 1.29 is 24.3 Å². The van der Waals surface area contributed by atoms with E-state index in [2.05, 4.69) is 21.3 Å². The molecular formula is C25H38N4O5S. The van der Waals surface area contributed by atoms with Gasteiger partial charge in [-0.2, -0.15) is 11.8 Å². The fraction of sp³-hybridized carbons (Fsp3) is 0.600. The highest BCUT2D eigenvalue weighted by molar-refractivity contribution is 7.98. The lowest BCUT2D eigenvalue weighted by Crippen LogP contribution is -2.59. The van der Waals surface area contributed by atoms with Gasteiger partial charge in [-0.1, -0.05) is 50.6 Å². The lowest BCUT2D eigenvalue weighted by Gasteiger charge is -2.28. The molecule has 2 rings (SSSR count). The van der Waals surface area contributed by atoms with Crippen molar-refractivity contribution in [1.82, 2.24) is 21.3 Å². The van der Waals surface area contributed by atoms with Crippen LogP contribution in [0.15, 0.2) is 30.3 Å². The van der Waals surface area contributed by atoms with Crippen molar-refractivity contribution in [2.24, 2.45) is 5.92 Å². The van der Waals surface area contributed by atoms with Gasteiger partial charge in [-0.05, 0) is 49.3 Å². The summed E-state index contributed by atoms with van der Waals surface area (Å²) in [5, 5.41) is 20.9. The lowest BCUT2D eigenvalue weighted by molar-refractivity contribution is -0.142. The summed E-state index contributed by atoms with van der Waals surface area (Å²) < 4.78 is 0. The molecule has 0 aliphatic carbocycles. The van der Waals surface area contributed by atoms with Crippen LogP contribution in [0.5, 0.6) is 0 Å². The van der Waals surface area contributed by atoms with Gasteiger partial charge < -0.3 is 26.4 Å². The van der Waals surface area contributed by atoms with Crippen molar-refractivity contribution in [2.75, 3.05) is 18.6 Å². The van der Waals surface area contributed by atoms with Gasteiger partial charge in [-0.15, -0.1) is 0 Å². The minimum Gasteiger partial charge on any atom is -0.480 e. The van der Waals surface area contributed by atoms with Crippen molar-refractivity contribution in [3.8, 4) is 0 Å². The van der Waals surface area contributed by atoms with Crippen molar-refractivity contribution >= 4 is 35.5 Å². The minimum atomic E-state index is -1.12. The highest BCUT2D eigenvalue weighted by Crippen LogP contribution is 2.12. The average Bonchev–Trinajstić information content (AvgIpc) is 3.39. The second-order valence-corrected chi connectivity index (χ2v) is 9.94. The number of hydrogen-bond acceptors (Lipinski definition) is 6. The maximum Gasteiger partial charge on any atom is 0.326 e. The second-order valence-electron chi connectivity index (χ2n) is 8.95. The van der Waals surface area contributed by atoms with Gasteiger partial charge in [0.15, 0.2) is 0 Å². The Morgan fingerprint density at radius 1 is 1.09 bits per heavy atom. The first-order valence-corrected chi connectivity index (χ1v) is 13.6. The van der Waals surface area contributed by atoms with Crippen molar-refractivity contribution in [3.05, 3.63) is 35.9 Å². The van der Waals surface area contributed by atoms with E-state index in [9.17, 15) is 24.3 Å². The summed E-state index contributed by atoms with van der Waals surface area (Å²) in [6.45, 7) is 4.57. The van der Waals surface area contributed by atoms with Gasteiger partial charge in [0, 0.05) is 6.42 Å². The molecule has 5 unspecified atom stereocenters. The Labute approximate surface area is 211 Å². The molecule has 0 saturated carbocycles. The van der Waals surface area contributed by atoms with Crippen LogP contribution in [0.1, 0.15) is 45.1 Å². The quantitative estimate of drug-likeness (QED) is 0.257. The zero-order valence-electron chi connectivity index (χ0n) is 20.7. The van der Waals surface area contributed by atoms with Crippen LogP contribution in [0.3, 0.4) is 0 Å². The molecule has 194 valence electrons. The first-order valence-electron chi connectivity index (χ1n) is 12.2. The largest absolute Gasteiger partial charge is 0.480 e. The third kappa shape index (κ3) is 9.18. The summed E-state index contributed by atoms with van der Waals surface area (Å²) in [6.07, 6.45) is 4.60. The van der Waals surface area contributed by atoms with E-state index in [1.807, 2.05) is 50.4 Å². The molecule has 5 N–H and O–H groups in total. The first kappa shape index (κ1) is 28.6. The van der Waals surface area contributed by atoms with Crippen LogP contribution in [0.2, 0.25) is 0 Å². The fourth-order valence-corrected chi connectivity index (χ4v) is 4.42. The standard InChI is InChI=1S/C25H38N4O5S/c1-4-16(2)21(29-22(30)18-11-8-13-26-18)24(32)28-20(15-17-9-6-5-7-10-17)23(31)27-19(25(33)34)12-14-35-3/h5-7,9-10,16,18-21,26H,4,8,11-15H2,1-3H3,(H,27,31)(H,28,32)(H,29,30)(H,33,34). The van der Waals surface area contributed by atoms with Crippen molar-refractivity contribution in [2.45, 2.75) is 70.1 Å². The molecule has 35 heavy (non-hydrogen) atoms. The molecule has 0 spiro atoms. The number of rotatable bonds is 14. The molecule has 0 aromatic heterocycles. The molecule has 1 fully saturated rings. The molecule has 3 amide bonds. The number of hydrogen-bond donors (Lipinski definition) is 5. The molecule has 1 heterocycles. The fourth-order valence-electron chi connectivity index (χ4n) is 3.95. The van der Waals surface area contributed by atoms with E-state index in [4.69, 9.17) is 0 Å². The number of aliphatic carboxylic acids is 1. The zero-order chi connectivity index (χ0) is 25.8. The number of nitrogens with one attached hydrogen (secondary N) is 4. The average molecular weight is 507 g/mol. The Balaban J connectivity index is 2.19. The van der Waals surface area contributed by atoms with E-state index in [-0.39, 0.29) is 30.7 Å². The highest BCUT2D eigenvalue weighted by atomic mass is 32.2. The molecular weight excluding hydrogens is 468 g/mol. The molecule has 9 nitrogen and oxygen atoms in total. The predicted molar refractivity (Wildman–Crippen MR) is 137 cm³/mol. The van der Waals surface area contributed by atoms with Gasteiger partial charge in [0.1, 0.15) is 18.1 Å². The Hall–Kier alpha value is -2.59. The van der Waals surface area contributed by atoms with Gasteiger partial charge in [-0.25, -0.2) is 4.79 Å². The van der Waals surface area contributed by atoms with Gasteiger partial charge in [0.05, 0.1) is 6.04 Å². The van der Waals surface area contributed by atoms with Gasteiger partial charge in [-0.3, -0.25) is 14.4 Å². The van der Waals surface area contributed by atoms with E-state index in [1.54, 1.807) is 0 Å². The summed E-state index contributed by atoms with van der Waals surface area (Å²) >= 11 is 1.49.